The van der Waals surface area contributed by atoms with Crippen molar-refractivity contribution in [1.82, 2.24) is 5.32 Å². The zero-order valence-electron chi connectivity index (χ0n) is 17.5. The average Bonchev–Trinajstić information content (AvgIpc) is 3.56. The summed E-state index contributed by atoms with van der Waals surface area (Å²) in [4.78, 5) is 25.3. The first-order valence-electron chi connectivity index (χ1n) is 10.3. The van der Waals surface area contributed by atoms with Gasteiger partial charge in [-0.15, -0.1) is 0 Å². The molecule has 2 N–H and O–H groups in total. The highest BCUT2D eigenvalue weighted by molar-refractivity contribution is 6.05. The molecule has 1 amide bonds. The molecule has 6 heteroatoms. The number of amides is 1. The van der Waals surface area contributed by atoms with E-state index in [2.05, 4.69) is 10.6 Å². The van der Waals surface area contributed by atoms with Crippen LogP contribution in [0.15, 0.2) is 51.7 Å². The van der Waals surface area contributed by atoms with Gasteiger partial charge in [-0.2, -0.15) is 0 Å². The van der Waals surface area contributed by atoms with E-state index in [0.717, 1.165) is 31.2 Å². The predicted molar refractivity (Wildman–Crippen MR) is 117 cm³/mol. The first-order valence-corrected chi connectivity index (χ1v) is 10.3. The molecule has 1 saturated carbocycles. The Morgan fingerprint density at radius 1 is 1.17 bits per heavy atom. The number of methoxy groups -OCH3 is 1. The maximum absolute atomic E-state index is 12.8. The van der Waals surface area contributed by atoms with Crippen molar-refractivity contribution in [2.24, 2.45) is 0 Å². The van der Waals surface area contributed by atoms with Crippen LogP contribution in [0.2, 0.25) is 0 Å². The maximum Gasteiger partial charge on any atom is 0.349 e. The Morgan fingerprint density at radius 3 is 2.50 bits per heavy atom. The van der Waals surface area contributed by atoms with Gasteiger partial charge in [0.25, 0.3) is 5.91 Å². The summed E-state index contributed by atoms with van der Waals surface area (Å²) in [7, 11) is 3.55. The molecule has 30 heavy (non-hydrogen) atoms. The zero-order chi connectivity index (χ0) is 21.3. The van der Waals surface area contributed by atoms with Crippen LogP contribution in [0.3, 0.4) is 0 Å². The highest BCUT2D eigenvalue weighted by Gasteiger charge is 2.42. The molecule has 156 valence electrons. The second-order valence-electron chi connectivity index (χ2n) is 7.73. The molecular weight excluding hydrogens is 380 g/mol. The Labute approximate surface area is 175 Å². The minimum atomic E-state index is -0.658. The second-order valence-corrected chi connectivity index (χ2v) is 7.73. The van der Waals surface area contributed by atoms with E-state index in [4.69, 9.17) is 9.15 Å². The number of anilines is 1. The number of rotatable bonds is 7. The standard InChI is InChI=1S/C24H26N2O4/c1-4-5-18-20(29-3)11-6-15-14-19(23(28)30-21(15)18)22(27)26-17-9-7-16(8-10-17)24(25-2)12-13-24/h6-11,14,25H,4-5,12-13H2,1-3H3,(H,26,27). The van der Waals surface area contributed by atoms with E-state index < -0.39 is 11.5 Å². The summed E-state index contributed by atoms with van der Waals surface area (Å²) in [5.74, 6) is 0.195. The van der Waals surface area contributed by atoms with Crippen molar-refractivity contribution in [3.8, 4) is 5.75 Å². The molecule has 2 aromatic carbocycles. The molecular formula is C24H26N2O4. The van der Waals surface area contributed by atoms with E-state index in [1.54, 1.807) is 19.2 Å². The third-order valence-corrected chi connectivity index (χ3v) is 5.85. The van der Waals surface area contributed by atoms with E-state index in [9.17, 15) is 9.59 Å². The van der Waals surface area contributed by atoms with Crippen molar-refractivity contribution >= 4 is 22.6 Å². The molecule has 0 atom stereocenters. The molecule has 0 bridgehead atoms. The van der Waals surface area contributed by atoms with E-state index in [1.165, 1.54) is 5.56 Å². The van der Waals surface area contributed by atoms with Crippen molar-refractivity contribution in [1.29, 1.82) is 0 Å². The van der Waals surface area contributed by atoms with Crippen LogP contribution in [0.25, 0.3) is 11.0 Å². The van der Waals surface area contributed by atoms with Crippen LogP contribution < -0.4 is 21.0 Å². The number of hydrogen-bond acceptors (Lipinski definition) is 5. The van der Waals surface area contributed by atoms with Gasteiger partial charge < -0.3 is 19.8 Å². The molecule has 1 fully saturated rings. The summed E-state index contributed by atoms with van der Waals surface area (Å²) in [5, 5.41) is 6.85. The minimum absolute atomic E-state index is 0.0203. The number of carbonyl (C=O) groups excluding carboxylic acids is 1. The Morgan fingerprint density at radius 2 is 1.90 bits per heavy atom. The fourth-order valence-corrected chi connectivity index (χ4v) is 3.94. The number of benzene rings is 2. The van der Waals surface area contributed by atoms with Gasteiger partial charge in [0.05, 0.1) is 7.11 Å². The van der Waals surface area contributed by atoms with Crippen LogP contribution in [0.5, 0.6) is 5.75 Å². The lowest BCUT2D eigenvalue weighted by Crippen LogP contribution is -2.24. The normalized spacial score (nSPS) is 14.5. The lowest BCUT2D eigenvalue weighted by molar-refractivity contribution is 0.102. The average molecular weight is 406 g/mol. The van der Waals surface area contributed by atoms with Gasteiger partial charge in [0, 0.05) is 22.2 Å². The molecule has 1 aliphatic carbocycles. The molecule has 0 unspecified atom stereocenters. The number of ether oxygens (including phenoxy) is 1. The predicted octanol–water partition coefficient (Wildman–Crippen LogP) is 4.21. The first-order chi connectivity index (χ1) is 14.5. The number of carbonyl (C=O) groups is 1. The van der Waals surface area contributed by atoms with Gasteiger partial charge >= 0.3 is 5.63 Å². The Bertz CT molecular complexity index is 1140. The minimum Gasteiger partial charge on any atom is -0.496 e. The fourth-order valence-electron chi connectivity index (χ4n) is 3.94. The van der Waals surface area contributed by atoms with Gasteiger partial charge in [0.2, 0.25) is 0 Å². The smallest absolute Gasteiger partial charge is 0.349 e. The molecule has 1 aliphatic rings. The number of aryl methyl sites for hydroxylation is 1. The van der Waals surface area contributed by atoms with Crippen molar-refractivity contribution in [3.63, 3.8) is 0 Å². The monoisotopic (exact) mass is 406 g/mol. The highest BCUT2D eigenvalue weighted by Crippen LogP contribution is 2.45. The van der Waals surface area contributed by atoms with Gasteiger partial charge in [0.1, 0.15) is 16.9 Å². The Kier molecular flexibility index (Phi) is 5.35. The van der Waals surface area contributed by atoms with Crippen molar-refractivity contribution < 1.29 is 13.9 Å². The molecule has 0 saturated heterocycles. The first kappa shape index (κ1) is 20.2. The van der Waals surface area contributed by atoms with Gasteiger partial charge in [0.15, 0.2) is 0 Å². The number of nitrogens with one attached hydrogen (secondary N) is 2. The summed E-state index contributed by atoms with van der Waals surface area (Å²) >= 11 is 0. The van der Waals surface area contributed by atoms with E-state index in [-0.39, 0.29) is 11.1 Å². The summed E-state index contributed by atoms with van der Waals surface area (Å²) < 4.78 is 11.0. The number of hydrogen-bond donors (Lipinski definition) is 2. The van der Waals surface area contributed by atoms with E-state index in [1.807, 2.05) is 44.3 Å². The molecule has 1 aromatic heterocycles. The third-order valence-electron chi connectivity index (χ3n) is 5.85. The third kappa shape index (κ3) is 3.59. The van der Waals surface area contributed by atoms with Crippen molar-refractivity contribution in [3.05, 3.63) is 69.6 Å². The molecule has 1 heterocycles. The Balaban J connectivity index is 1.62. The lowest BCUT2D eigenvalue weighted by atomic mass is 10.0. The van der Waals surface area contributed by atoms with Crippen LogP contribution in [-0.2, 0) is 12.0 Å². The molecule has 0 radical (unpaired) electrons. The van der Waals surface area contributed by atoms with Crippen LogP contribution in [0.1, 0.15) is 47.7 Å². The van der Waals surface area contributed by atoms with Gasteiger partial charge in [-0.1, -0.05) is 25.5 Å². The van der Waals surface area contributed by atoms with Crippen molar-refractivity contribution in [2.45, 2.75) is 38.1 Å². The Hall–Kier alpha value is -3.12. The molecule has 3 aromatic rings. The van der Waals surface area contributed by atoms with Gasteiger partial charge in [-0.25, -0.2) is 4.79 Å². The topological polar surface area (TPSA) is 80.6 Å². The van der Waals surface area contributed by atoms with Crippen LogP contribution in [-0.4, -0.2) is 20.1 Å². The fraction of sp³-hybridized carbons (Fsp3) is 0.333. The summed E-state index contributed by atoms with van der Waals surface area (Å²) in [5.41, 5.74) is 2.54. The maximum atomic E-state index is 12.8. The number of fused-ring (bicyclic) bond motifs is 1. The van der Waals surface area contributed by atoms with Crippen molar-refractivity contribution in [2.75, 3.05) is 19.5 Å². The molecule has 6 nitrogen and oxygen atoms in total. The summed E-state index contributed by atoms with van der Waals surface area (Å²) in [6.07, 6.45) is 3.82. The molecule has 4 rings (SSSR count). The molecule has 0 spiro atoms. The zero-order valence-corrected chi connectivity index (χ0v) is 17.5. The van der Waals surface area contributed by atoms with E-state index in [0.29, 0.717) is 22.4 Å². The van der Waals surface area contributed by atoms with Crippen LogP contribution >= 0.6 is 0 Å². The van der Waals surface area contributed by atoms with Crippen LogP contribution in [0.4, 0.5) is 5.69 Å². The van der Waals surface area contributed by atoms with Crippen LogP contribution in [0, 0.1) is 0 Å². The second kappa shape index (κ2) is 7.95. The largest absolute Gasteiger partial charge is 0.496 e. The summed E-state index contributed by atoms with van der Waals surface area (Å²) in [6.45, 7) is 2.05. The van der Waals surface area contributed by atoms with Gasteiger partial charge in [-0.3, -0.25) is 4.79 Å². The lowest BCUT2D eigenvalue weighted by Gasteiger charge is -2.15. The highest BCUT2D eigenvalue weighted by atomic mass is 16.5. The summed E-state index contributed by atoms with van der Waals surface area (Å²) in [6, 6.07) is 13.0. The van der Waals surface area contributed by atoms with E-state index >= 15 is 0 Å². The van der Waals surface area contributed by atoms with Gasteiger partial charge in [-0.05, 0) is 62.2 Å². The quantitative estimate of drug-likeness (QED) is 0.575. The molecule has 0 aliphatic heterocycles. The SMILES string of the molecule is CCCc1c(OC)ccc2cc(C(=O)Nc3ccc(C4(NC)CC4)cc3)c(=O)oc12.